The Labute approximate surface area is 443 Å². The number of hydrogen-bond donors (Lipinski definition) is 16. The van der Waals surface area contributed by atoms with E-state index in [1.807, 2.05) is 6.92 Å². The lowest BCUT2D eigenvalue weighted by Gasteiger charge is -2.69. The van der Waals surface area contributed by atoms with E-state index in [-0.39, 0.29) is 17.8 Å². The van der Waals surface area contributed by atoms with Gasteiger partial charge in [-0.1, -0.05) is 25.5 Å². The molecule has 5 heterocycles. The number of aliphatic hydroxyl groups excluding tert-OH is 16. The molecule has 16 N–H and O–H groups in total. The molecule has 0 radical (unpaired) electrons. The SMILES string of the molecule is C=C1C[C@@]23CC[C@H]4[C@@](C)(CCC[C@@]4(C)C(=O)OC4OC(CO)C(O)C(O)C4OC4OC(C)C(O)C(O)C4O)[C@@H]2C[C@@H]1C(OC1OC(CO)C(O)C(OC2OC(CO)C(O)C(O)C2O)C1OC1OC(CO)C(O)C(O)C1O)C3. The molecular weight excluding hydrogens is 1030 g/mol. The molecule has 5 aliphatic carbocycles. The zero-order chi connectivity index (χ0) is 56.0. The normalized spacial score (nSPS) is 55.1. The Balaban J connectivity index is 0.965. The number of ether oxygens (including phenoxy) is 10. The summed E-state index contributed by atoms with van der Waals surface area (Å²) in [7, 11) is 0. The van der Waals surface area contributed by atoms with Crippen LogP contribution in [0.5, 0.6) is 0 Å². The van der Waals surface area contributed by atoms with Crippen LogP contribution in [0, 0.1) is 34.0 Å². The van der Waals surface area contributed by atoms with Gasteiger partial charge in [0.1, 0.15) is 110 Å². The van der Waals surface area contributed by atoms with E-state index in [4.69, 9.17) is 47.4 Å². The molecule has 0 amide bonds. The molecule has 0 aromatic carbocycles. The highest BCUT2D eigenvalue weighted by atomic mass is 16.8. The van der Waals surface area contributed by atoms with Gasteiger partial charge in [0, 0.05) is 5.92 Å². The van der Waals surface area contributed by atoms with Gasteiger partial charge in [0.15, 0.2) is 31.3 Å². The Morgan fingerprint density at radius 2 is 1.01 bits per heavy atom. The van der Waals surface area contributed by atoms with Crippen molar-refractivity contribution in [3.8, 4) is 0 Å². The van der Waals surface area contributed by atoms with Gasteiger partial charge in [-0.2, -0.15) is 0 Å². The molecule has 5 saturated carbocycles. The van der Waals surface area contributed by atoms with Gasteiger partial charge in [-0.15, -0.1) is 0 Å². The summed E-state index contributed by atoms with van der Waals surface area (Å²) in [4.78, 5) is 14.9. The van der Waals surface area contributed by atoms with E-state index in [1.54, 1.807) is 0 Å². The van der Waals surface area contributed by atoms with Crippen molar-refractivity contribution in [1.82, 2.24) is 0 Å². The van der Waals surface area contributed by atoms with E-state index in [0.717, 1.165) is 12.0 Å². The smallest absolute Gasteiger partial charge is 0.314 e. The maximum atomic E-state index is 14.9. The number of aliphatic hydroxyl groups is 16. The highest BCUT2D eigenvalue weighted by Crippen LogP contribution is 2.72. The molecule has 26 unspecified atom stereocenters. The first-order chi connectivity index (χ1) is 36.4. The second kappa shape index (κ2) is 23.1. The van der Waals surface area contributed by atoms with E-state index in [9.17, 15) is 86.5 Å². The van der Waals surface area contributed by atoms with Gasteiger partial charge in [-0.3, -0.25) is 4.79 Å². The van der Waals surface area contributed by atoms with Crippen molar-refractivity contribution in [2.24, 2.45) is 34.0 Å². The van der Waals surface area contributed by atoms with E-state index in [0.29, 0.717) is 44.9 Å². The quantitative estimate of drug-likeness (QED) is 0.0437. The number of rotatable bonds is 14. The van der Waals surface area contributed by atoms with Gasteiger partial charge >= 0.3 is 5.97 Å². The Hall–Kier alpha value is -1.79. The first kappa shape index (κ1) is 59.8. The number of esters is 1. The molecule has 0 aromatic rings. The third-order valence-electron chi connectivity index (χ3n) is 19.1. The summed E-state index contributed by atoms with van der Waals surface area (Å²) in [6, 6.07) is 0. The van der Waals surface area contributed by atoms with Crippen LogP contribution in [0.1, 0.15) is 72.1 Å². The molecule has 0 aromatic heterocycles. The van der Waals surface area contributed by atoms with Crippen molar-refractivity contribution in [3.63, 3.8) is 0 Å². The second-order valence-corrected chi connectivity index (χ2v) is 23.5. The lowest BCUT2D eigenvalue weighted by molar-refractivity contribution is -0.398. The number of carbonyl (C=O) groups excluding carboxylic acids is 1. The topological polar surface area (TPSA) is 433 Å². The molecule has 1 spiro atoms. The van der Waals surface area contributed by atoms with Crippen LogP contribution in [0.4, 0.5) is 0 Å². The fourth-order valence-corrected chi connectivity index (χ4v) is 14.8. The number of fused-ring (bicyclic) bond motifs is 3. The summed E-state index contributed by atoms with van der Waals surface area (Å²) in [6.45, 7) is 6.63. The molecule has 10 rings (SSSR count). The molecule has 442 valence electrons. The van der Waals surface area contributed by atoms with Gasteiger partial charge in [0.05, 0.1) is 44.1 Å². The van der Waals surface area contributed by atoms with Gasteiger partial charge in [0.2, 0.25) is 6.29 Å². The first-order valence-electron chi connectivity index (χ1n) is 26.8. The number of hydrogen-bond acceptors (Lipinski definition) is 27. The Bertz CT molecular complexity index is 2040. The largest absolute Gasteiger partial charge is 0.432 e. The second-order valence-electron chi connectivity index (χ2n) is 23.5. The molecule has 77 heavy (non-hydrogen) atoms. The summed E-state index contributed by atoms with van der Waals surface area (Å²) < 4.78 is 60.3. The highest BCUT2D eigenvalue weighted by Gasteiger charge is 2.68. The van der Waals surface area contributed by atoms with Crippen LogP contribution < -0.4 is 0 Å². The monoisotopic (exact) mass is 1110 g/mol. The van der Waals surface area contributed by atoms with Crippen molar-refractivity contribution in [2.75, 3.05) is 26.4 Å². The highest BCUT2D eigenvalue weighted by molar-refractivity contribution is 5.77. The van der Waals surface area contributed by atoms with Crippen LogP contribution in [0.15, 0.2) is 12.2 Å². The Morgan fingerprint density at radius 1 is 0.532 bits per heavy atom. The molecule has 27 nitrogen and oxygen atoms in total. The predicted octanol–water partition coefficient (Wildman–Crippen LogP) is -6.41. The van der Waals surface area contributed by atoms with Gasteiger partial charge in [-0.05, 0) is 81.5 Å². The summed E-state index contributed by atoms with van der Waals surface area (Å²) in [5.74, 6) is -1.41. The van der Waals surface area contributed by atoms with Gasteiger partial charge in [-0.25, -0.2) is 0 Å². The third kappa shape index (κ3) is 10.5. The summed E-state index contributed by atoms with van der Waals surface area (Å²) in [5, 5.41) is 171. The molecule has 32 atom stereocenters. The third-order valence-corrected chi connectivity index (χ3v) is 19.1. The van der Waals surface area contributed by atoms with Crippen LogP contribution in [0.3, 0.4) is 0 Å². The van der Waals surface area contributed by atoms with Gasteiger partial charge < -0.3 is 129 Å². The van der Waals surface area contributed by atoms with E-state index >= 15 is 0 Å². The molecule has 10 fully saturated rings. The van der Waals surface area contributed by atoms with Crippen molar-refractivity contribution in [2.45, 2.75) is 232 Å². The summed E-state index contributed by atoms with van der Waals surface area (Å²) >= 11 is 0. The molecule has 5 saturated heterocycles. The van der Waals surface area contributed by atoms with Crippen molar-refractivity contribution >= 4 is 5.97 Å². The number of carbonyl (C=O) groups is 1. The van der Waals surface area contributed by atoms with Gasteiger partial charge in [0.25, 0.3) is 0 Å². The molecular formula is C50H80O27. The van der Waals surface area contributed by atoms with Crippen LogP contribution in [-0.2, 0) is 52.2 Å². The first-order valence-corrected chi connectivity index (χ1v) is 26.8. The maximum absolute atomic E-state index is 14.9. The van der Waals surface area contributed by atoms with Crippen molar-refractivity contribution in [1.29, 1.82) is 0 Å². The van der Waals surface area contributed by atoms with Crippen molar-refractivity contribution < 1.29 is 134 Å². The molecule has 2 bridgehead atoms. The van der Waals surface area contributed by atoms with E-state index in [2.05, 4.69) is 13.5 Å². The van der Waals surface area contributed by atoms with Crippen LogP contribution >= 0.6 is 0 Å². The maximum Gasteiger partial charge on any atom is 0.314 e. The average Bonchev–Trinajstić information content (AvgIpc) is 3.52. The zero-order valence-corrected chi connectivity index (χ0v) is 43.1. The minimum absolute atomic E-state index is 0.0364. The summed E-state index contributed by atoms with van der Waals surface area (Å²) in [6.07, 6.45) is -39.0. The Morgan fingerprint density at radius 3 is 1.58 bits per heavy atom. The zero-order valence-electron chi connectivity index (χ0n) is 43.1. The van der Waals surface area contributed by atoms with Crippen molar-refractivity contribution in [3.05, 3.63) is 12.2 Å². The van der Waals surface area contributed by atoms with E-state index < -0.39 is 208 Å². The lowest BCUT2D eigenvalue weighted by Crippen LogP contribution is -2.68. The van der Waals surface area contributed by atoms with E-state index in [1.165, 1.54) is 6.92 Å². The minimum Gasteiger partial charge on any atom is -0.432 e. The fraction of sp³-hybridized carbons (Fsp3) is 0.940. The Kier molecular flexibility index (Phi) is 17.9. The fourth-order valence-electron chi connectivity index (χ4n) is 14.8. The van der Waals surface area contributed by atoms with Crippen LogP contribution in [0.2, 0.25) is 0 Å². The molecule has 5 aliphatic heterocycles. The van der Waals surface area contributed by atoms with Crippen LogP contribution in [-0.4, -0.2) is 274 Å². The van der Waals surface area contributed by atoms with Crippen LogP contribution in [0.25, 0.3) is 0 Å². The average molecular weight is 1110 g/mol. The summed E-state index contributed by atoms with van der Waals surface area (Å²) in [5.41, 5.74) is -1.31. The lowest BCUT2D eigenvalue weighted by atomic mass is 9.36. The predicted molar refractivity (Wildman–Crippen MR) is 250 cm³/mol. The standard InChI is InChI=1S/C50H80O27/c1-17-11-50-9-6-25-48(3,7-5-8-49(25,4)47(67)77-45-40(35(63)30(58)23(15-53)72-45)75-42-36(64)32(60)27(55)18(2)68-42)26(50)10-19(17)20(12-50)69-46-41(76-44-38(66)34(62)29(57)22(14-52)71-44)39(31(59)24(16-54)73-46)74-43-37(65)33(61)28(56)21(13-51)70-43/h18-46,51-66H,1,5-16H2,2-4H3/t18?,19-,20?,21?,22?,23?,24?,25-,26-,27?,28?,29?,30?,31?,32?,33?,34?,35?,36?,37?,38?,39?,40?,41?,42?,43?,44?,45?,46?,48+,49+,50+/m0/s1. The molecule has 27 heteroatoms. The minimum atomic E-state index is -1.98. The molecule has 10 aliphatic rings.